The molecule has 0 aliphatic heterocycles. The van der Waals surface area contributed by atoms with Crippen molar-refractivity contribution in [3.63, 3.8) is 0 Å². The number of ether oxygens (including phenoxy) is 2. The molecule has 4 aromatic rings. The molecular weight excluding hydrogens is 536 g/mol. The van der Waals surface area contributed by atoms with Crippen LogP contribution in [0.1, 0.15) is 5.56 Å². The van der Waals surface area contributed by atoms with Gasteiger partial charge in [-0.15, -0.1) is 0 Å². The molecule has 10 heteroatoms. The maximum absolute atomic E-state index is 13.3. The van der Waals surface area contributed by atoms with Crippen LogP contribution in [0.3, 0.4) is 0 Å². The zero-order chi connectivity index (χ0) is 25.2. The van der Waals surface area contributed by atoms with E-state index in [-0.39, 0.29) is 23.5 Å². The minimum atomic E-state index is -4.54. The lowest BCUT2D eigenvalue weighted by Crippen LogP contribution is -2.30. The van der Waals surface area contributed by atoms with Crippen LogP contribution in [0.2, 0.25) is 0 Å². The van der Waals surface area contributed by atoms with Crippen LogP contribution in [0.5, 0.6) is 11.5 Å². The third-order valence-corrected chi connectivity index (χ3v) is 5.80. The molecule has 0 bridgehead atoms. The first-order valence-corrected chi connectivity index (χ1v) is 11.1. The molecule has 0 saturated heterocycles. The van der Waals surface area contributed by atoms with Crippen LogP contribution in [0.4, 0.5) is 17.6 Å². The van der Waals surface area contributed by atoms with Gasteiger partial charge < -0.3 is 19.0 Å². The quantitative estimate of drug-likeness (QED) is 0.238. The topological polar surface area (TPSA) is 68.9 Å². The summed E-state index contributed by atoms with van der Waals surface area (Å²) >= 11 is 3.46. The number of benzene rings is 3. The summed E-state index contributed by atoms with van der Waals surface area (Å²) in [4.78, 5) is 12.0. The summed E-state index contributed by atoms with van der Waals surface area (Å²) in [6.45, 7) is -1.50. The van der Waals surface area contributed by atoms with Crippen molar-refractivity contribution in [1.29, 1.82) is 0 Å². The number of para-hydroxylation sites is 1. The van der Waals surface area contributed by atoms with Gasteiger partial charge in [0.1, 0.15) is 28.7 Å². The lowest BCUT2D eigenvalue weighted by Gasteiger charge is -2.18. The first kappa shape index (κ1) is 24.6. The van der Waals surface area contributed by atoms with E-state index >= 15 is 0 Å². The zero-order valence-electron chi connectivity index (χ0n) is 17.8. The molecule has 0 spiro atoms. The molecule has 1 atom stereocenters. The zero-order valence-corrected chi connectivity index (χ0v) is 19.4. The number of carbonyl (C=O) groups is 1. The summed E-state index contributed by atoms with van der Waals surface area (Å²) in [7, 11) is 0. The molecule has 0 fully saturated rings. The third-order valence-electron chi connectivity index (χ3n) is 5.04. The molecule has 0 saturated carbocycles. The molecule has 1 N–H and O–H groups in total. The molecule has 4 rings (SSSR count). The fraction of sp³-hybridized carbons (Fsp3) is 0.160. The number of furan rings is 1. The fourth-order valence-corrected chi connectivity index (χ4v) is 4.17. The highest BCUT2D eigenvalue weighted by molar-refractivity contribution is 9.10. The van der Waals surface area contributed by atoms with Crippen molar-refractivity contribution in [3.05, 3.63) is 82.6 Å². The van der Waals surface area contributed by atoms with Gasteiger partial charge in [-0.1, -0.05) is 24.3 Å². The Balaban J connectivity index is 1.64. The monoisotopic (exact) mass is 552 g/mol. The van der Waals surface area contributed by atoms with Crippen molar-refractivity contribution in [2.75, 3.05) is 6.61 Å². The Labute approximate surface area is 205 Å². The summed E-state index contributed by atoms with van der Waals surface area (Å²) in [6, 6.07) is 16.3. The van der Waals surface area contributed by atoms with Crippen LogP contribution in [0.15, 0.2) is 75.6 Å². The third kappa shape index (κ3) is 5.76. The van der Waals surface area contributed by atoms with Crippen molar-refractivity contribution in [1.82, 2.24) is 0 Å². The van der Waals surface area contributed by atoms with Gasteiger partial charge in [0.2, 0.25) is 0 Å². The highest BCUT2D eigenvalue weighted by atomic mass is 79.9. The molecule has 1 aromatic heterocycles. The molecular formula is C25H17BrF4O5. The van der Waals surface area contributed by atoms with Crippen molar-refractivity contribution >= 4 is 32.9 Å². The number of halogens is 5. The van der Waals surface area contributed by atoms with Crippen LogP contribution in [-0.4, -0.2) is 30.0 Å². The number of rotatable bonds is 8. The first-order chi connectivity index (χ1) is 16.6. The molecule has 0 radical (unpaired) electrons. The van der Waals surface area contributed by atoms with E-state index in [0.717, 1.165) is 0 Å². The van der Waals surface area contributed by atoms with Crippen LogP contribution >= 0.6 is 15.9 Å². The standard InChI is InChI=1S/C25H17BrF4O5/c26-22-21-18(6-3-7-19(21)35-23(22)14-8-10-16(27)11-9-14)34-20(24(31)32)12-15-4-1-2-5-17(15)33-13-25(28,29)30/h1-11,20H,12-13H2,(H,31,32)/t20-/m1/s1. The number of hydrogen-bond acceptors (Lipinski definition) is 4. The van der Waals surface area contributed by atoms with Gasteiger partial charge in [0, 0.05) is 12.0 Å². The Morgan fingerprint density at radius 3 is 2.37 bits per heavy atom. The van der Waals surface area contributed by atoms with Crippen LogP contribution in [0.25, 0.3) is 22.3 Å². The van der Waals surface area contributed by atoms with Gasteiger partial charge in [-0.2, -0.15) is 13.2 Å². The average molecular weight is 553 g/mol. The Morgan fingerprint density at radius 2 is 1.69 bits per heavy atom. The highest BCUT2D eigenvalue weighted by Crippen LogP contribution is 2.42. The van der Waals surface area contributed by atoms with Gasteiger partial charge >= 0.3 is 12.1 Å². The van der Waals surface area contributed by atoms with Crippen LogP contribution in [-0.2, 0) is 11.2 Å². The summed E-state index contributed by atoms with van der Waals surface area (Å²) in [5.41, 5.74) is 1.23. The molecule has 0 aliphatic carbocycles. The van der Waals surface area contributed by atoms with E-state index in [1.165, 1.54) is 42.5 Å². The van der Waals surface area contributed by atoms with Crippen molar-refractivity contribution in [2.45, 2.75) is 18.7 Å². The number of aliphatic carboxylic acids is 1. The maximum atomic E-state index is 13.3. The molecule has 182 valence electrons. The SMILES string of the molecule is O=C(O)[C@@H](Cc1ccccc1OCC(F)(F)F)Oc1cccc2oc(-c3ccc(F)cc3)c(Br)c12. The smallest absolute Gasteiger partial charge is 0.422 e. The summed E-state index contributed by atoms with van der Waals surface area (Å²) in [5.74, 6) is -1.22. The van der Waals surface area contributed by atoms with E-state index < -0.39 is 30.7 Å². The minimum absolute atomic E-state index is 0.0824. The Hall–Kier alpha value is -3.53. The minimum Gasteiger partial charge on any atom is -0.484 e. The molecule has 35 heavy (non-hydrogen) atoms. The number of fused-ring (bicyclic) bond motifs is 1. The van der Waals surface area contributed by atoms with E-state index in [0.29, 0.717) is 26.8 Å². The van der Waals surface area contributed by atoms with Crippen molar-refractivity contribution in [2.24, 2.45) is 0 Å². The number of hydrogen-bond donors (Lipinski definition) is 1. The first-order valence-electron chi connectivity index (χ1n) is 10.3. The highest BCUT2D eigenvalue weighted by Gasteiger charge is 2.30. The van der Waals surface area contributed by atoms with E-state index in [2.05, 4.69) is 15.9 Å². The molecule has 5 nitrogen and oxygen atoms in total. The predicted molar refractivity (Wildman–Crippen MR) is 123 cm³/mol. The largest absolute Gasteiger partial charge is 0.484 e. The van der Waals surface area contributed by atoms with Crippen LogP contribution < -0.4 is 9.47 Å². The van der Waals surface area contributed by atoms with Gasteiger partial charge in [-0.05, 0) is 64.0 Å². The van der Waals surface area contributed by atoms with Crippen molar-refractivity contribution < 1.29 is 41.4 Å². The average Bonchev–Trinajstić information content (AvgIpc) is 3.15. The normalized spacial score (nSPS) is 12.5. The van der Waals surface area contributed by atoms with E-state index in [1.54, 1.807) is 24.3 Å². The molecule has 0 aliphatic rings. The maximum Gasteiger partial charge on any atom is 0.422 e. The summed E-state index contributed by atoms with van der Waals surface area (Å²) < 4.78 is 68.2. The predicted octanol–water partition coefficient (Wildman–Crippen LogP) is 7.02. The molecule has 1 heterocycles. The van der Waals surface area contributed by atoms with Gasteiger partial charge in [0.05, 0.1) is 9.86 Å². The summed E-state index contributed by atoms with van der Waals surface area (Å²) in [6.07, 6.45) is -6.23. The molecule has 0 unspecified atom stereocenters. The van der Waals surface area contributed by atoms with Gasteiger partial charge in [0.15, 0.2) is 12.7 Å². The molecule has 0 amide bonds. The van der Waals surface area contributed by atoms with Gasteiger partial charge in [-0.3, -0.25) is 0 Å². The van der Waals surface area contributed by atoms with Crippen LogP contribution in [0, 0.1) is 5.82 Å². The lowest BCUT2D eigenvalue weighted by molar-refractivity contribution is -0.153. The number of alkyl halides is 3. The van der Waals surface area contributed by atoms with E-state index in [4.69, 9.17) is 13.9 Å². The second-order valence-electron chi connectivity index (χ2n) is 7.54. The van der Waals surface area contributed by atoms with Gasteiger partial charge in [0.25, 0.3) is 0 Å². The Morgan fingerprint density at radius 1 is 1.00 bits per heavy atom. The summed E-state index contributed by atoms with van der Waals surface area (Å²) in [5, 5.41) is 10.2. The molecule has 3 aromatic carbocycles. The van der Waals surface area contributed by atoms with E-state index in [1.807, 2.05) is 0 Å². The Bertz CT molecular complexity index is 1350. The second-order valence-corrected chi connectivity index (χ2v) is 8.33. The van der Waals surface area contributed by atoms with Crippen molar-refractivity contribution in [3.8, 4) is 22.8 Å². The Kier molecular flexibility index (Phi) is 7.02. The lowest BCUT2D eigenvalue weighted by atomic mass is 10.1. The number of carboxylic acid groups (broad SMARTS) is 1. The second kappa shape index (κ2) is 9.99. The van der Waals surface area contributed by atoms with Gasteiger partial charge in [-0.25, -0.2) is 9.18 Å². The van der Waals surface area contributed by atoms with E-state index in [9.17, 15) is 27.5 Å². The number of carboxylic acids is 1. The fourth-order valence-electron chi connectivity index (χ4n) is 3.47.